The van der Waals surface area contributed by atoms with Gasteiger partial charge in [-0.1, -0.05) is 19.1 Å². The molecule has 1 aromatic heterocycles. The molecule has 0 saturated carbocycles. The van der Waals surface area contributed by atoms with Crippen molar-refractivity contribution in [2.75, 3.05) is 18.1 Å². The van der Waals surface area contributed by atoms with E-state index in [0.717, 1.165) is 5.75 Å². The molecule has 1 heterocycles. The van der Waals surface area contributed by atoms with Crippen LogP contribution in [0.25, 0.3) is 0 Å². The van der Waals surface area contributed by atoms with Crippen LogP contribution in [0.2, 0.25) is 0 Å². The van der Waals surface area contributed by atoms with E-state index in [-0.39, 0.29) is 11.9 Å². The number of rotatable bonds is 6. The molecule has 0 saturated heterocycles. The Hall–Kier alpha value is -2.08. The van der Waals surface area contributed by atoms with Crippen molar-refractivity contribution in [3.8, 4) is 0 Å². The van der Waals surface area contributed by atoms with Gasteiger partial charge in [-0.2, -0.15) is 0 Å². The van der Waals surface area contributed by atoms with Crippen molar-refractivity contribution in [2.45, 2.75) is 24.8 Å². The van der Waals surface area contributed by atoms with Crippen molar-refractivity contribution >= 4 is 23.5 Å². The zero-order valence-corrected chi connectivity index (χ0v) is 13.8. The Morgan fingerprint density at radius 2 is 1.91 bits per heavy atom. The molecular weight excluding hydrogens is 296 g/mol. The average Bonchev–Trinajstić information content (AvgIpc) is 2.55. The number of anilines is 1. The van der Waals surface area contributed by atoms with Crippen molar-refractivity contribution in [1.82, 2.24) is 15.5 Å². The van der Waals surface area contributed by atoms with Crippen molar-refractivity contribution in [3.05, 3.63) is 47.7 Å². The van der Waals surface area contributed by atoms with E-state index in [0.29, 0.717) is 11.5 Å². The SMILES string of the molecule is CCSc1ccc(C(C)Nc2ccc(C(=O)NC)nn2)cc1. The van der Waals surface area contributed by atoms with E-state index in [2.05, 4.69) is 58.9 Å². The summed E-state index contributed by atoms with van der Waals surface area (Å²) in [6, 6.07) is 12.0. The molecule has 1 atom stereocenters. The summed E-state index contributed by atoms with van der Waals surface area (Å²) in [5.41, 5.74) is 1.49. The quantitative estimate of drug-likeness (QED) is 0.802. The molecule has 0 fully saturated rings. The molecule has 0 spiro atoms. The first kappa shape index (κ1) is 16.3. The van der Waals surface area contributed by atoms with Gasteiger partial charge < -0.3 is 10.6 Å². The second-order valence-electron chi connectivity index (χ2n) is 4.75. The standard InChI is InChI=1S/C16H20N4OS/c1-4-22-13-7-5-12(6-8-13)11(2)18-15-10-9-14(19-20-15)16(21)17-3/h5-11H,4H2,1-3H3,(H,17,21)(H,18,20). The molecule has 0 radical (unpaired) electrons. The number of amides is 1. The van der Waals surface area contributed by atoms with Crippen LogP contribution in [-0.2, 0) is 0 Å². The normalized spacial score (nSPS) is 11.8. The summed E-state index contributed by atoms with van der Waals surface area (Å²) in [7, 11) is 1.57. The van der Waals surface area contributed by atoms with Crippen molar-refractivity contribution in [3.63, 3.8) is 0 Å². The fourth-order valence-electron chi connectivity index (χ4n) is 1.98. The molecule has 116 valence electrons. The van der Waals surface area contributed by atoms with Gasteiger partial charge >= 0.3 is 0 Å². The van der Waals surface area contributed by atoms with Gasteiger partial charge in [-0.25, -0.2) is 0 Å². The van der Waals surface area contributed by atoms with E-state index in [1.165, 1.54) is 10.5 Å². The molecule has 0 bridgehead atoms. The molecule has 6 heteroatoms. The molecule has 2 aromatic rings. The van der Waals surface area contributed by atoms with Gasteiger partial charge in [0.1, 0.15) is 5.82 Å². The fourth-order valence-corrected chi connectivity index (χ4v) is 2.64. The van der Waals surface area contributed by atoms with Gasteiger partial charge in [0.05, 0.1) is 0 Å². The predicted molar refractivity (Wildman–Crippen MR) is 90.3 cm³/mol. The molecule has 0 aliphatic rings. The lowest BCUT2D eigenvalue weighted by atomic mass is 10.1. The van der Waals surface area contributed by atoms with Gasteiger partial charge in [-0.05, 0) is 42.5 Å². The first-order chi connectivity index (χ1) is 10.6. The van der Waals surface area contributed by atoms with Crippen LogP contribution in [0, 0.1) is 0 Å². The number of nitrogens with zero attached hydrogens (tertiary/aromatic N) is 2. The highest BCUT2D eigenvalue weighted by molar-refractivity contribution is 7.99. The van der Waals surface area contributed by atoms with Gasteiger partial charge in [-0.3, -0.25) is 4.79 Å². The van der Waals surface area contributed by atoms with Gasteiger partial charge in [0.15, 0.2) is 5.69 Å². The molecule has 1 amide bonds. The van der Waals surface area contributed by atoms with E-state index in [1.807, 2.05) is 11.8 Å². The van der Waals surface area contributed by atoms with Gasteiger partial charge in [0.2, 0.25) is 0 Å². The molecule has 5 nitrogen and oxygen atoms in total. The van der Waals surface area contributed by atoms with E-state index < -0.39 is 0 Å². The third kappa shape index (κ3) is 4.21. The van der Waals surface area contributed by atoms with Crippen LogP contribution in [0.5, 0.6) is 0 Å². The Morgan fingerprint density at radius 1 is 1.18 bits per heavy atom. The van der Waals surface area contributed by atoms with Crippen LogP contribution in [0.3, 0.4) is 0 Å². The minimum atomic E-state index is -0.240. The highest BCUT2D eigenvalue weighted by atomic mass is 32.2. The van der Waals surface area contributed by atoms with Crippen molar-refractivity contribution in [2.24, 2.45) is 0 Å². The maximum absolute atomic E-state index is 11.4. The van der Waals surface area contributed by atoms with Crippen molar-refractivity contribution < 1.29 is 4.79 Å². The number of carbonyl (C=O) groups is 1. The Labute approximate surface area is 134 Å². The third-order valence-electron chi connectivity index (χ3n) is 3.18. The first-order valence-corrected chi connectivity index (χ1v) is 8.17. The Kier molecular flexibility index (Phi) is 5.77. The average molecular weight is 316 g/mol. The molecular formula is C16H20N4OS. The monoisotopic (exact) mass is 316 g/mol. The zero-order chi connectivity index (χ0) is 15.9. The highest BCUT2D eigenvalue weighted by Crippen LogP contribution is 2.22. The highest BCUT2D eigenvalue weighted by Gasteiger charge is 2.09. The first-order valence-electron chi connectivity index (χ1n) is 7.19. The summed E-state index contributed by atoms with van der Waals surface area (Å²) < 4.78 is 0. The molecule has 22 heavy (non-hydrogen) atoms. The van der Waals surface area contributed by atoms with Gasteiger partial charge in [0, 0.05) is 18.0 Å². The number of benzene rings is 1. The van der Waals surface area contributed by atoms with Crippen LogP contribution in [0.15, 0.2) is 41.3 Å². The van der Waals surface area contributed by atoms with Gasteiger partial charge in [0.25, 0.3) is 5.91 Å². The molecule has 0 aliphatic carbocycles. The topological polar surface area (TPSA) is 66.9 Å². The molecule has 0 aliphatic heterocycles. The summed E-state index contributed by atoms with van der Waals surface area (Å²) in [4.78, 5) is 12.7. The van der Waals surface area contributed by atoms with Crippen molar-refractivity contribution in [1.29, 1.82) is 0 Å². The zero-order valence-electron chi connectivity index (χ0n) is 13.0. The second-order valence-corrected chi connectivity index (χ2v) is 6.09. The number of carbonyl (C=O) groups excluding carboxylic acids is 1. The number of nitrogens with one attached hydrogen (secondary N) is 2. The lowest BCUT2D eigenvalue weighted by Gasteiger charge is -2.15. The lowest BCUT2D eigenvalue weighted by Crippen LogP contribution is -2.20. The Balaban J connectivity index is 2.01. The molecule has 2 rings (SSSR count). The number of aromatic nitrogens is 2. The van der Waals surface area contributed by atoms with Crippen LogP contribution < -0.4 is 10.6 Å². The fraction of sp³-hybridized carbons (Fsp3) is 0.312. The minimum Gasteiger partial charge on any atom is -0.362 e. The molecule has 1 unspecified atom stereocenters. The maximum Gasteiger partial charge on any atom is 0.271 e. The summed E-state index contributed by atoms with van der Waals surface area (Å²) in [5.74, 6) is 1.48. The van der Waals surface area contributed by atoms with E-state index in [9.17, 15) is 4.79 Å². The number of thioether (sulfide) groups is 1. The summed E-state index contributed by atoms with van der Waals surface area (Å²) in [6.45, 7) is 4.21. The van der Waals surface area contributed by atoms with Crippen LogP contribution >= 0.6 is 11.8 Å². The minimum absolute atomic E-state index is 0.112. The van der Waals surface area contributed by atoms with Crippen LogP contribution in [0.1, 0.15) is 35.9 Å². The second kappa shape index (κ2) is 7.79. The lowest BCUT2D eigenvalue weighted by molar-refractivity contribution is 0.0957. The summed E-state index contributed by atoms with van der Waals surface area (Å²) >= 11 is 1.83. The third-order valence-corrected chi connectivity index (χ3v) is 4.07. The summed E-state index contributed by atoms with van der Waals surface area (Å²) in [5, 5.41) is 13.7. The largest absolute Gasteiger partial charge is 0.362 e. The predicted octanol–water partition coefficient (Wildman–Crippen LogP) is 3.12. The van der Waals surface area contributed by atoms with Gasteiger partial charge in [-0.15, -0.1) is 22.0 Å². The molecule has 1 aromatic carbocycles. The van der Waals surface area contributed by atoms with E-state index in [1.54, 1.807) is 19.2 Å². The van der Waals surface area contributed by atoms with Crippen LogP contribution in [0.4, 0.5) is 5.82 Å². The number of hydrogen-bond donors (Lipinski definition) is 2. The Morgan fingerprint density at radius 3 is 2.45 bits per heavy atom. The van der Waals surface area contributed by atoms with E-state index in [4.69, 9.17) is 0 Å². The van der Waals surface area contributed by atoms with Crippen LogP contribution in [-0.4, -0.2) is 28.9 Å². The Bertz CT molecular complexity index is 613. The molecule has 2 N–H and O–H groups in total. The maximum atomic E-state index is 11.4. The number of hydrogen-bond acceptors (Lipinski definition) is 5. The smallest absolute Gasteiger partial charge is 0.271 e. The van der Waals surface area contributed by atoms with E-state index >= 15 is 0 Å². The summed E-state index contributed by atoms with van der Waals surface area (Å²) in [6.07, 6.45) is 0.